The first-order valence-corrected chi connectivity index (χ1v) is 7.82. The summed E-state index contributed by atoms with van der Waals surface area (Å²) >= 11 is 0. The molecule has 1 saturated carbocycles. The minimum absolute atomic E-state index is 0.0107. The van der Waals surface area contributed by atoms with Crippen LogP contribution in [0.15, 0.2) is 30.3 Å². The summed E-state index contributed by atoms with van der Waals surface area (Å²) in [5.74, 6) is -1.70. The van der Waals surface area contributed by atoms with Crippen molar-refractivity contribution in [3.8, 4) is 0 Å². The van der Waals surface area contributed by atoms with Crippen molar-refractivity contribution in [3.63, 3.8) is 0 Å². The van der Waals surface area contributed by atoms with E-state index in [2.05, 4.69) is 12.1 Å². The van der Waals surface area contributed by atoms with Gasteiger partial charge in [0.05, 0.1) is 24.5 Å². The second-order valence-electron chi connectivity index (χ2n) is 6.10. The van der Waals surface area contributed by atoms with E-state index in [9.17, 15) is 9.59 Å². The Balaban J connectivity index is 1.58. The number of aliphatic carboxylic acids is 1. The fraction of sp³-hybridized carbons (Fsp3) is 0.529. The summed E-state index contributed by atoms with van der Waals surface area (Å²) in [5, 5.41) is 9.10. The monoisotopic (exact) mass is 303 g/mol. The molecule has 5 heteroatoms. The zero-order valence-corrected chi connectivity index (χ0v) is 12.5. The first-order valence-electron chi connectivity index (χ1n) is 7.82. The fourth-order valence-electron chi connectivity index (χ4n) is 3.25. The molecule has 1 aliphatic heterocycles. The van der Waals surface area contributed by atoms with E-state index in [1.807, 2.05) is 18.2 Å². The van der Waals surface area contributed by atoms with Gasteiger partial charge in [0.2, 0.25) is 5.91 Å². The Morgan fingerprint density at radius 1 is 1.18 bits per heavy atom. The average Bonchev–Trinajstić information content (AvgIpc) is 2.47. The lowest BCUT2D eigenvalue weighted by Gasteiger charge is -2.39. The fourth-order valence-corrected chi connectivity index (χ4v) is 3.25. The molecule has 1 aliphatic carbocycles. The normalized spacial score (nSPS) is 28.0. The van der Waals surface area contributed by atoms with Gasteiger partial charge in [0, 0.05) is 19.5 Å². The van der Waals surface area contributed by atoms with Crippen LogP contribution in [-0.2, 0) is 20.7 Å². The van der Waals surface area contributed by atoms with Gasteiger partial charge in [-0.3, -0.25) is 9.59 Å². The molecule has 1 aromatic rings. The van der Waals surface area contributed by atoms with Crippen molar-refractivity contribution in [2.45, 2.75) is 25.4 Å². The number of carboxylic acid groups (broad SMARTS) is 1. The van der Waals surface area contributed by atoms with E-state index in [1.54, 1.807) is 4.90 Å². The van der Waals surface area contributed by atoms with E-state index < -0.39 is 11.9 Å². The summed E-state index contributed by atoms with van der Waals surface area (Å²) in [4.78, 5) is 25.4. The van der Waals surface area contributed by atoms with Crippen LogP contribution in [0, 0.1) is 11.8 Å². The molecular formula is C17H21NO4. The summed E-state index contributed by atoms with van der Waals surface area (Å²) in [6.45, 7) is 1.64. The molecule has 118 valence electrons. The van der Waals surface area contributed by atoms with Gasteiger partial charge in [0.25, 0.3) is 0 Å². The molecule has 0 spiro atoms. The molecule has 3 rings (SSSR count). The summed E-state index contributed by atoms with van der Waals surface area (Å²) < 4.78 is 5.76. The third kappa shape index (κ3) is 3.14. The lowest BCUT2D eigenvalue weighted by Crippen LogP contribution is -2.52. The third-order valence-corrected chi connectivity index (χ3v) is 4.67. The summed E-state index contributed by atoms with van der Waals surface area (Å²) in [5.41, 5.74) is 1.19. The Kier molecular flexibility index (Phi) is 4.43. The molecule has 2 aliphatic rings. The maximum absolute atomic E-state index is 12.5. The highest BCUT2D eigenvalue weighted by Gasteiger charge is 2.43. The van der Waals surface area contributed by atoms with Crippen molar-refractivity contribution in [3.05, 3.63) is 35.9 Å². The van der Waals surface area contributed by atoms with E-state index in [0.29, 0.717) is 32.5 Å². The van der Waals surface area contributed by atoms with Gasteiger partial charge in [-0.15, -0.1) is 0 Å². The number of carbonyl (C=O) groups excluding carboxylic acids is 1. The molecule has 0 bridgehead atoms. The smallest absolute Gasteiger partial charge is 0.307 e. The largest absolute Gasteiger partial charge is 0.481 e. The first kappa shape index (κ1) is 15.0. The number of nitrogens with zero attached hydrogens (tertiary/aromatic N) is 1. The van der Waals surface area contributed by atoms with Gasteiger partial charge in [0.15, 0.2) is 0 Å². The van der Waals surface area contributed by atoms with Gasteiger partial charge >= 0.3 is 5.97 Å². The minimum Gasteiger partial charge on any atom is -0.481 e. The topological polar surface area (TPSA) is 66.8 Å². The standard InChI is InChI=1S/C17H21NO4/c19-16(14-6-7-15(14)17(20)21)18-8-9-22-13(11-18)10-12-4-2-1-3-5-12/h1-5,13-15H,6-11H2,(H,20,21). The maximum atomic E-state index is 12.5. The number of carboxylic acids is 1. The number of hydrogen-bond donors (Lipinski definition) is 1. The summed E-state index contributed by atoms with van der Waals surface area (Å²) in [7, 11) is 0. The van der Waals surface area contributed by atoms with Crippen LogP contribution < -0.4 is 0 Å². The van der Waals surface area contributed by atoms with Crippen molar-refractivity contribution in [2.75, 3.05) is 19.7 Å². The average molecular weight is 303 g/mol. The van der Waals surface area contributed by atoms with Crippen LogP contribution in [0.5, 0.6) is 0 Å². The molecule has 2 fully saturated rings. The Labute approximate surface area is 129 Å². The van der Waals surface area contributed by atoms with E-state index in [1.165, 1.54) is 5.56 Å². The van der Waals surface area contributed by atoms with E-state index in [-0.39, 0.29) is 17.9 Å². The molecule has 1 amide bonds. The zero-order chi connectivity index (χ0) is 15.5. The van der Waals surface area contributed by atoms with E-state index in [0.717, 1.165) is 6.42 Å². The Hall–Kier alpha value is -1.88. The molecule has 1 N–H and O–H groups in total. The maximum Gasteiger partial charge on any atom is 0.307 e. The summed E-state index contributed by atoms with van der Waals surface area (Å²) in [6, 6.07) is 10.1. The van der Waals surface area contributed by atoms with Crippen molar-refractivity contribution >= 4 is 11.9 Å². The minimum atomic E-state index is -0.848. The lowest BCUT2D eigenvalue weighted by atomic mass is 9.73. The highest BCUT2D eigenvalue weighted by Crippen LogP contribution is 2.36. The molecule has 3 unspecified atom stereocenters. The van der Waals surface area contributed by atoms with Gasteiger partial charge in [0.1, 0.15) is 0 Å². The summed E-state index contributed by atoms with van der Waals surface area (Å²) in [6.07, 6.45) is 2.07. The van der Waals surface area contributed by atoms with Gasteiger partial charge in [-0.2, -0.15) is 0 Å². The van der Waals surface area contributed by atoms with Crippen molar-refractivity contribution in [2.24, 2.45) is 11.8 Å². The van der Waals surface area contributed by atoms with Crippen LogP contribution in [0.25, 0.3) is 0 Å². The quantitative estimate of drug-likeness (QED) is 0.917. The zero-order valence-electron chi connectivity index (χ0n) is 12.5. The predicted octanol–water partition coefficient (Wildman–Crippen LogP) is 1.57. The number of ether oxygens (including phenoxy) is 1. The number of benzene rings is 1. The molecule has 5 nitrogen and oxygen atoms in total. The molecule has 0 radical (unpaired) electrons. The number of carbonyl (C=O) groups is 2. The van der Waals surface area contributed by atoms with Crippen LogP contribution in [0.3, 0.4) is 0 Å². The van der Waals surface area contributed by atoms with Crippen molar-refractivity contribution in [1.82, 2.24) is 4.90 Å². The number of morpholine rings is 1. The molecular weight excluding hydrogens is 282 g/mol. The van der Waals surface area contributed by atoms with E-state index in [4.69, 9.17) is 9.84 Å². The number of amides is 1. The molecule has 1 saturated heterocycles. The van der Waals surface area contributed by atoms with E-state index >= 15 is 0 Å². The van der Waals surface area contributed by atoms with Crippen LogP contribution in [0.1, 0.15) is 18.4 Å². The lowest BCUT2D eigenvalue weighted by molar-refractivity contribution is -0.160. The molecule has 1 heterocycles. The van der Waals surface area contributed by atoms with Crippen LogP contribution in [0.4, 0.5) is 0 Å². The van der Waals surface area contributed by atoms with Gasteiger partial charge < -0.3 is 14.7 Å². The van der Waals surface area contributed by atoms with Gasteiger partial charge in [-0.1, -0.05) is 30.3 Å². The molecule has 0 aromatic heterocycles. The second-order valence-corrected chi connectivity index (χ2v) is 6.10. The molecule has 22 heavy (non-hydrogen) atoms. The number of rotatable bonds is 4. The Bertz CT molecular complexity index is 545. The van der Waals surface area contributed by atoms with Crippen molar-refractivity contribution in [1.29, 1.82) is 0 Å². The highest BCUT2D eigenvalue weighted by atomic mass is 16.5. The second kappa shape index (κ2) is 6.48. The molecule has 1 aromatic carbocycles. The van der Waals surface area contributed by atoms with Gasteiger partial charge in [-0.05, 0) is 18.4 Å². The Morgan fingerprint density at radius 2 is 1.91 bits per heavy atom. The van der Waals surface area contributed by atoms with Crippen LogP contribution >= 0.6 is 0 Å². The predicted molar refractivity (Wildman–Crippen MR) is 80.3 cm³/mol. The van der Waals surface area contributed by atoms with Gasteiger partial charge in [-0.25, -0.2) is 0 Å². The Morgan fingerprint density at radius 3 is 2.55 bits per heavy atom. The highest BCUT2D eigenvalue weighted by molar-refractivity contribution is 5.86. The third-order valence-electron chi connectivity index (χ3n) is 4.67. The SMILES string of the molecule is O=C(O)C1CCC1C(=O)N1CCOC(Cc2ccccc2)C1. The van der Waals surface area contributed by atoms with Crippen LogP contribution in [-0.4, -0.2) is 47.7 Å². The first-order chi connectivity index (χ1) is 10.6. The van der Waals surface area contributed by atoms with Crippen molar-refractivity contribution < 1.29 is 19.4 Å². The van der Waals surface area contributed by atoms with Crippen LogP contribution in [0.2, 0.25) is 0 Å². The number of hydrogen-bond acceptors (Lipinski definition) is 3. The molecule has 3 atom stereocenters.